The number of piperidine rings is 1. The number of hydrogen-bond acceptors (Lipinski definition) is 4. The van der Waals surface area contributed by atoms with E-state index in [9.17, 15) is 22.8 Å². The van der Waals surface area contributed by atoms with Crippen LogP contribution in [0.2, 0.25) is 0 Å². The van der Waals surface area contributed by atoms with Crippen molar-refractivity contribution < 1.29 is 22.8 Å². The van der Waals surface area contributed by atoms with E-state index >= 15 is 0 Å². The molecule has 6 rings (SSSR count). The van der Waals surface area contributed by atoms with Gasteiger partial charge in [0.05, 0.1) is 22.1 Å². The second kappa shape index (κ2) is 7.82. The number of H-pyrrole nitrogens is 2. The molecule has 8 nitrogen and oxygen atoms in total. The summed E-state index contributed by atoms with van der Waals surface area (Å²) in [4.78, 5) is 41.3. The lowest BCUT2D eigenvalue weighted by molar-refractivity contribution is -0.144. The summed E-state index contributed by atoms with van der Waals surface area (Å²) in [6.07, 6.45) is -1.94. The maximum atomic E-state index is 13.5. The number of hydrogen-bond donors (Lipinski definition) is 3. The van der Waals surface area contributed by atoms with Crippen molar-refractivity contribution in [3.63, 3.8) is 0 Å². The number of aromatic nitrogens is 4. The zero-order chi connectivity index (χ0) is 24.3. The SMILES string of the molecule is O=C(NC1C[C@H]2CC[C@@H](C1)N2C(=O)c1cccc2[nH]c(C(F)(F)F)nc12)c1nc2ccccc2[nH]1. The Labute approximate surface area is 196 Å². The van der Waals surface area contributed by atoms with Gasteiger partial charge in [-0.25, -0.2) is 9.97 Å². The number of para-hydroxylation sites is 3. The van der Waals surface area contributed by atoms with Crippen molar-refractivity contribution in [1.82, 2.24) is 30.2 Å². The molecule has 4 heterocycles. The highest BCUT2D eigenvalue weighted by atomic mass is 19.4. The molecule has 3 N–H and O–H groups in total. The van der Waals surface area contributed by atoms with Crippen molar-refractivity contribution in [3.8, 4) is 0 Å². The second-order valence-corrected chi connectivity index (χ2v) is 9.13. The van der Waals surface area contributed by atoms with Gasteiger partial charge in [0, 0.05) is 18.1 Å². The van der Waals surface area contributed by atoms with E-state index in [0.717, 1.165) is 18.4 Å². The highest BCUT2D eigenvalue weighted by molar-refractivity contribution is 6.05. The minimum atomic E-state index is -4.63. The van der Waals surface area contributed by atoms with Gasteiger partial charge in [-0.1, -0.05) is 18.2 Å². The Balaban J connectivity index is 1.20. The van der Waals surface area contributed by atoms with Crippen LogP contribution in [0.4, 0.5) is 13.2 Å². The summed E-state index contributed by atoms with van der Waals surface area (Å²) in [7, 11) is 0. The van der Waals surface area contributed by atoms with Crippen molar-refractivity contribution in [2.24, 2.45) is 0 Å². The minimum Gasteiger partial charge on any atom is -0.346 e. The Morgan fingerprint density at radius 2 is 1.66 bits per heavy atom. The number of nitrogens with one attached hydrogen (secondary N) is 3. The van der Waals surface area contributed by atoms with E-state index in [1.165, 1.54) is 12.1 Å². The lowest BCUT2D eigenvalue weighted by atomic mass is 9.96. The number of benzene rings is 2. The van der Waals surface area contributed by atoms with Gasteiger partial charge in [0.1, 0.15) is 5.52 Å². The molecule has 180 valence electrons. The normalized spacial score (nSPS) is 22.1. The quantitative estimate of drug-likeness (QED) is 0.410. The summed E-state index contributed by atoms with van der Waals surface area (Å²) in [6, 6.07) is 11.6. The third-order valence-corrected chi connectivity index (χ3v) is 6.92. The van der Waals surface area contributed by atoms with Gasteiger partial charge in [-0.05, 0) is 49.9 Å². The standard InChI is InChI=1S/C24H21F3N6O2/c25-24(26,27)23-31-18-7-3-4-15(19(18)32-23)22(35)33-13-8-9-14(33)11-12(10-13)28-21(34)20-29-16-5-1-2-6-17(16)30-20/h1-7,12-14H,8-11H2,(H,28,34)(H,29,30)(H,31,32)/t12?,13-,14+. The number of fused-ring (bicyclic) bond motifs is 4. The fraction of sp³-hybridized carbons (Fsp3) is 0.333. The maximum Gasteiger partial charge on any atom is 0.449 e. The first kappa shape index (κ1) is 21.6. The molecule has 2 aromatic heterocycles. The Bertz CT molecular complexity index is 1410. The van der Waals surface area contributed by atoms with Gasteiger partial charge in [-0.3, -0.25) is 9.59 Å². The zero-order valence-electron chi connectivity index (χ0n) is 18.4. The molecule has 2 amide bonds. The fourth-order valence-corrected chi connectivity index (χ4v) is 5.42. The minimum absolute atomic E-state index is 0.0181. The molecule has 2 bridgehead atoms. The van der Waals surface area contributed by atoms with Gasteiger partial charge >= 0.3 is 6.18 Å². The summed E-state index contributed by atoms with van der Waals surface area (Å²) in [5.74, 6) is -1.51. The summed E-state index contributed by atoms with van der Waals surface area (Å²) in [5.41, 5.74) is 1.82. The average Bonchev–Trinajstić information content (AvgIpc) is 3.52. The van der Waals surface area contributed by atoms with Crippen molar-refractivity contribution in [1.29, 1.82) is 0 Å². The molecule has 35 heavy (non-hydrogen) atoms. The first-order valence-corrected chi connectivity index (χ1v) is 11.4. The topological polar surface area (TPSA) is 107 Å². The van der Waals surface area contributed by atoms with Crippen molar-refractivity contribution in [2.75, 3.05) is 0 Å². The fourth-order valence-electron chi connectivity index (χ4n) is 5.42. The van der Waals surface area contributed by atoms with Crippen molar-refractivity contribution in [3.05, 3.63) is 59.7 Å². The summed E-state index contributed by atoms with van der Waals surface area (Å²) in [5, 5.41) is 3.03. The first-order valence-electron chi connectivity index (χ1n) is 11.4. The summed E-state index contributed by atoms with van der Waals surface area (Å²) < 4.78 is 39.4. The number of nitrogens with zero attached hydrogens (tertiary/aromatic N) is 3. The van der Waals surface area contributed by atoms with Crippen LogP contribution in [0.15, 0.2) is 42.5 Å². The Kier molecular flexibility index (Phi) is 4.83. The van der Waals surface area contributed by atoms with Crippen LogP contribution in [0.5, 0.6) is 0 Å². The molecule has 2 aliphatic heterocycles. The third-order valence-electron chi connectivity index (χ3n) is 6.92. The molecule has 2 aliphatic rings. The molecular weight excluding hydrogens is 461 g/mol. The number of aromatic amines is 2. The van der Waals surface area contributed by atoms with E-state index < -0.39 is 12.0 Å². The number of imidazole rings is 2. The second-order valence-electron chi connectivity index (χ2n) is 9.13. The molecule has 11 heteroatoms. The lowest BCUT2D eigenvalue weighted by Gasteiger charge is -2.39. The number of halogens is 3. The molecule has 2 saturated heterocycles. The Hall–Kier alpha value is -3.89. The monoisotopic (exact) mass is 482 g/mol. The van der Waals surface area contributed by atoms with E-state index in [2.05, 4.69) is 25.3 Å². The van der Waals surface area contributed by atoms with Crippen LogP contribution in [-0.4, -0.2) is 54.8 Å². The van der Waals surface area contributed by atoms with Crippen LogP contribution in [0, 0.1) is 0 Å². The molecule has 2 aromatic carbocycles. The molecule has 0 aliphatic carbocycles. The van der Waals surface area contributed by atoms with Crippen LogP contribution < -0.4 is 5.32 Å². The molecule has 0 radical (unpaired) electrons. The molecule has 4 aromatic rings. The molecule has 0 saturated carbocycles. The van der Waals surface area contributed by atoms with E-state index in [4.69, 9.17) is 0 Å². The largest absolute Gasteiger partial charge is 0.449 e. The number of carbonyl (C=O) groups is 2. The van der Waals surface area contributed by atoms with Crippen LogP contribution in [0.1, 0.15) is 52.5 Å². The highest BCUT2D eigenvalue weighted by Gasteiger charge is 2.44. The summed E-state index contributed by atoms with van der Waals surface area (Å²) in [6.45, 7) is 0. The Morgan fingerprint density at radius 1 is 0.943 bits per heavy atom. The number of amides is 2. The number of carbonyl (C=O) groups excluding carboxylic acids is 2. The van der Waals surface area contributed by atoms with Crippen LogP contribution >= 0.6 is 0 Å². The van der Waals surface area contributed by atoms with E-state index in [0.29, 0.717) is 18.4 Å². The van der Waals surface area contributed by atoms with Crippen LogP contribution in [0.25, 0.3) is 22.1 Å². The number of rotatable bonds is 3. The average molecular weight is 482 g/mol. The van der Waals surface area contributed by atoms with Gasteiger partial charge in [-0.15, -0.1) is 0 Å². The lowest BCUT2D eigenvalue weighted by Crippen LogP contribution is -2.52. The Morgan fingerprint density at radius 3 is 2.37 bits per heavy atom. The van der Waals surface area contributed by atoms with Gasteiger partial charge in [-0.2, -0.15) is 13.2 Å². The number of alkyl halides is 3. The summed E-state index contributed by atoms with van der Waals surface area (Å²) >= 11 is 0. The van der Waals surface area contributed by atoms with Gasteiger partial charge < -0.3 is 20.2 Å². The molecule has 2 fully saturated rings. The zero-order valence-corrected chi connectivity index (χ0v) is 18.4. The predicted octanol–water partition coefficient (Wildman–Crippen LogP) is 4.02. The van der Waals surface area contributed by atoms with Crippen LogP contribution in [0.3, 0.4) is 0 Å². The molecular formula is C24H21F3N6O2. The first-order chi connectivity index (χ1) is 16.8. The smallest absolute Gasteiger partial charge is 0.346 e. The van der Waals surface area contributed by atoms with Crippen molar-refractivity contribution in [2.45, 2.75) is 50.0 Å². The van der Waals surface area contributed by atoms with Gasteiger partial charge in [0.15, 0.2) is 5.82 Å². The molecule has 0 spiro atoms. The van der Waals surface area contributed by atoms with Crippen molar-refractivity contribution >= 4 is 33.9 Å². The van der Waals surface area contributed by atoms with Gasteiger partial charge in [0.25, 0.3) is 11.8 Å². The van der Waals surface area contributed by atoms with E-state index in [1.807, 2.05) is 24.3 Å². The van der Waals surface area contributed by atoms with E-state index in [1.54, 1.807) is 11.0 Å². The van der Waals surface area contributed by atoms with E-state index in [-0.39, 0.29) is 52.4 Å². The predicted molar refractivity (Wildman–Crippen MR) is 121 cm³/mol. The van der Waals surface area contributed by atoms with Gasteiger partial charge in [0.2, 0.25) is 5.82 Å². The maximum absolute atomic E-state index is 13.5. The highest BCUT2D eigenvalue weighted by Crippen LogP contribution is 2.38. The third kappa shape index (κ3) is 3.71. The molecule has 1 unspecified atom stereocenters. The molecule has 3 atom stereocenters. The van der Waals surface area contributed by atoms with Crippen LogP contribution in [-0.2, 0) is 6.18 Å².